The van der Waals surface area contributed by atoms with Gasteiger partial charge in [-0.1, -0.05) is 6.07 Å². The molecule has 2 rings (SSSR count). The van der Waals surface area contributed by atoms with E-state index in [9.17, 15) is 9.59 Å². The van der Waals surface area contributed by atoms with Crippen molar-refractivity contribution in [1.29, 1.82) is 5.41 Å². The van der Waals surface area contributed by atoms with E-state index in [-0.39, 0.29) is 12.4 Å². The average Bonchev–Trinajstić information content (AvgIpc) is 2.82. The van der Waals surface area contributed by atoms with Gasteiger partial charge in [0.2, 0.25) is 0 Å². The summed E-state index contributed by atoms with van der Waals surface area (Å²) in [5.41, 5.74) is 11.8. The van der Waals surface area contributed by atoms with Crippen molar-refractivity contribution in [2.75, 3.05) is 38.9 Å². The number of hydrogen-bond acceptors (Lipinski definition) is 8. The first-order valence-corrected chi connectivity index (χ1v) is 10.7. The highest BCUT2D eigenvalue weighted by molar-refractivity contribution is 5.95. The summed E-state index contributed by atoms with van der Waals surface area (Å²) in [5.74, 6) is 0.363. The van der Waals surface area contributed by atoms with Crippen LogP contribution in [0, 0.1) is 5.41 Å². The van der Waals surface area contributed by atoms with E-state index >= 15 is 0 Å². The number of nitrogens with one attached hydrogen (secondary N) is 4. The van der Waals surface area contributed by atoms with E-state index in [1.165, 1.54) is 0 Å². The van der Waals surface area contributed by atoms with Gasteiger partial charge in [-0.3, -0.25) is 15.6 Å². The molecule has 0 saturated heterocycles. The summed E-state index contributed by atoms with van der Waals surface area (Å²) >= 11 is 0. The maximum absolute atomic E-state index is 13.0. The van der Waals surface area contributed by atoms with E-state index < -0.39 is 18.0 Å². The Balaban J connectivity index is 2.32. The number of rotatable bonds is 12. The van der Waals surface area contributed by atoms with E-state index in [0.717, 1.165) is 0 Å². The SMILES string of the molecule is CCOC(=O)NNC(=O)C(Nc1ccc(C(=N)N)cc1)c1ccc(OCCOC)c(OCC)c1. The Morgan fingerprint density at radius 3 is 2.32 bits per heavy atom. The summed E-state index contributed by atoms with van der Waals surface area (Å²) in [6.45, 7) is 4.80. The second-order valence-corrected chi connectivity index (χ2v) is 6.88. The molecule has 1 unspecified atom stereocenters. The van der Waals surface area contributed by atoms with Gasteiger partial charge in [-0.15, -0.1) is 0 Å². The zero-order valence-corrected chi connectivity index (χ0v) is 19.5. The minimum atomic E-state index is -0.919. The third-order valence-corrected chi connectivity index (χ3v) is 4.48. The molecule has 0 spiro atoms. The van der Waals surface area contributed by atoms with E-state index in [2.05, 4.69) is 16.2 Å². The lowest BCUT2D eigenvalue weighted by Gasteiger charge is -2.22. The highest BCUT2D eigenvalue weighted by atomic mass is 16.6. The molecule has 6 N–H and O–H groups in total. The number of ether oxygens (including phenoxy) is 4. The van der Waals surface area contributed by atoms with E-state index in [1.54, 1.807) is 56.5 Å². The highest BCUT2D eigenvalue weighted by Gasteiger charge is 2.23. The van der Waals surface area contributed by atoms with Crippen LogP contribution in [0.1, 0.15) is 31.0 Å². The topological polar surface area (TPSA) is 157 Å². The number of methoxy groups -OCH3 is 1. The van der Waals surface area contributed by atoms with Crippen LogP contribution in [0.2, 0.25) is 0 Å². The molecule has 184 valence electrons. The molecule has 0 aromatic heterocycles. The number of amidine groups is 1. The van der Waals surface area contributed by atoms with Crippen molar-refractivity contribution in [2.24, 2.45) is 5.73 Å². The predicted molar refractivity (Wildman–Crippen MR) is 127 cm³/mol. The molecule has 0 fully saturated rings. The van der Waals surface area contributed by atoms with Crippen molar-refractivity contribution in [1.82, 2.24) is 10.9 Å². The number of nitrogens with two attached hydrogens (primary N) is 1. The van der Waals surface area contributed by atoms with Gasteiger partial charge in [0.25, 0.3) is 5.91 Å². The molecule has 34 heavy (non-hydrogen) atoms. The van der Waals surface area contributed by atoms with Gasteiger partial charge in [0.15, 0.2) is 11.5 Å². The maximum Gasteiger partial charge on any atom is 0.426 e. The Morgan fingerprint density at radius 1 is 0.971 bits per heavy atom. The fourth-order valence-electron chi connectivity index (χ4n) is 2.89. The summed E-state index contributed by atoms with van der Waals surface area (Å²) in [6, 6.07) is 10.9. The van der Waals surface area contributed by atoms with Crippen molar-refractivity contribution in [3.63, 3.8) is 0 Å². The predicted octanol–water partition coefficient (Wildman–Crippen LogP) is 2.33. The third-order valence-electron chi connectivity index (χ3n) is 4.48. The summed E-state index contributed by atoms with van der Waals surface area (Å²) in [6.07, 6.45) is -0.780. The first-order valence-electron chi connectivity index (χ1n) is 10.7. The number of carbonyl (C=O) groups excluding carboxylic acids is 2. The van der Waals surface area contributed by atoms with Crippen LogP contribution in [0.15, 0.2) is 42.5 Å². The van der Waals surface area contributed by atoms with Gasteiger partial charge in [0, 0.05) is 18.4 Å². The Morgan fingerprint density at radius 2 is 1.71 bits per heavy atom. The number of anilines is 1. The van der Waals surface area contributed by atoms with Crippen LogP contribution < -0.4 is 31.4 Å². The average molecular weight is 474 g/mol. The van der Waals surface area contributed by atoms with E-state index in [1.807, 2.05) is 6.92 Å². The summed E-state index contributed by atoms with van der Waals surface area (Å²) in [7, 11) is 1.58. The second kappa shape index (κ2) is 13.5. The fraction of sp³-hybridized carbons (Fsp3) is 0.348. The van der Waals surface area contributed by atoms with Crippen molar-refractivity contribution >= 4 is 23.5 Å². The number of hydrogen-bond donors (Lipinski definition) is 5. The lowest BCUT2D eigenvalue weighted by Crippen LogP contribution is -2.45. The molecule has 1 atom stereocenters. The lowest BCUT2D eigenvalue weighted by molar-refractivity contribution is -0.122. The number of hydrazine groups is 1. The van der Waals surface area contributed by atoms with Gasteiger partial charge >= 0.3 is 6.09 Å². The zero-order valence-electron chi connectivity index (χ0n) is 19.5. The molecule has 11 heteroatoms. The summed E-state index contributed by atoms with van der Waals surface area (Å²) in [5, 5.41) is 10.7. The first kappa shape index (κ1) is 26.3. The van der Waals surface area contributed by atoms with E-state index in [4.69, 9.17) is 30.1 Å². The third kappa shape index (κ3) is 7.85. The number of carbonyl (C=O) groups is 2. The Hall–Kier alpha value is -3.99. The molecular formula is C23H31N5O6. The molecule has 2 aromatic rings. The number of benzene rings is 2. The lowest BCUT2D eigenvalue weighted by atomic mass is 10.0. The standard InChI is InChI=1S/C23H31N5O6/c1-4-32-19-14-16(8-11-18(19)34-13-12-31-3)20(22(29)27-28-23(30)33-5-2)26-17-9-6-15(7-10-17)21(24)25/h6-11,14,20,26H,4-5,12-13H2,1-3H3,(H3,24,25)(H,27,29)(H,28,30). The Bertz CT molecular complexity index is 967. The van der Waals surface area contributed by atoms with Crippen molar-refractivity contribution in [3.8, 4) is 11.5 Å². The minimum absolute atomic E-state index is 0.0649. The monoisotopic (exact) mass is 473 g/mol. The molecule has 0 aliphatic carbocycles. The van der Waals surface area contributed by atoms with E-state index in [0.29, 0.717) is 48.1 Å². The fourth-order valence-corrected chi connectivity index (χ4v) is 2.89. The normalized spacial score (nSPS) is 11.1. The second-order valence-electron chi connectivity index (χ2n) is 6.88. The van der Waals surface area contributed by atoms with Crippen LogP contribution in [0.25, 0.3) is 0 Å². The van der Waals surface area contributed by atoms with Gasteiger partial charge in [-0.25, -0.2) is 10.2 Å². The molecule has 0 heterocycles. The summed E-state index contributed by atoms with van der Waals surface area (Å²) in [4.78, 5) is 24.6. The van der Waals surface area contributed by atoms with Crippen LogP contribution in [-0.4, -0.2) is 51.4 Å². The zero-order chi connectivity index (χ0) is 24.9. The molecule has 0 radical (unpaired) electrons. The number of nitrogen functional groups attached to an aromatic ring is 1. The van der Waals surface area contributed by atoms with Crippen LogP contribution in [0.5, 0.6) is 11.5 Å². The van der Waals surface area contributed by atoms with Gasteiger partial charge in [-0.05, 0) is 55.8 Å². The van der Waals surface area contributed by atoms with Gasteiger partial charge in [-0.2, -0.15) is 0 Å². The van der Waals surface area contributed by atoms with Gasteiger partial charge in [0.05, 0.1) is 19.8 Å². The molecular weight excluding hydrogens is 442 g/mol. The molecule has 0 aliphatic rings. The van der Waals surface area contributed by atoms with Crippen LogP contribution in [0.3, 0.4) is 0 Å². The molecule has 0 bridgehead atoms. The minimum Gasteiger partial charge on any atom is -0.490 e. The van der Waals surface area contributed by atoms with Crippen LogP contribution >= 0.6 is 0 Å². The molecule has 0 aliphatic heterocycles. The maximum atomic E-state index is 13.0. The van der Waals surface area contributed by atoms with Crippen LogP contribution in [0.4, 0.5) is 10.5 Å². The molecule has 11 nitrogen and oxygen atoms in total. The quantitative estimate of drug-likeness (QED) is 0.136. The van der Waals surface area contributed by atoms with Gasteiger partial charge < -0.3 is 30.0 Å². The molecule has 2 aromatic carbocycles. The molecule has 0 saturated carbocycles. The van der Waals surface area contributed by atoms with Crippen LogP contribution in [-0.2, 0) is 14.3 Å². The first-order chi connectivity index (χ1) is 16.4. The highest BCUT2D eigenvalue weighted by Crippen LogP contribution is 2.32. The number of amides is 2. The Labute approximate surface area is 198 Å². The summed E-state index contributed by atoms with van der Waals surface area (Å²) < 4.78 is 21.2. The van der Waals surface area contributed by atoms with Gasteiger partial charge in [0.1, 0.15) is 18.5 Å². The van der Waals surface area contributed by atoms with Crippen molar-refractivity contribution in [2.45, 2.75) is 19.9 Å². The smallest absolute Gasteiger partial charge is 0.426 e. The molecule has 2 amide bonds. The largest absolute Gasteiger partial charge is 0.490 e. The van der Waals surface area contributed by atoms with Crippen molar-refractivity contribution < 1.29 is 28.5 Å². The Kier molecular flexibility index (Phi) is 10.5. The van der Waals surface area contributed by atoms with Crippen molar-refractivity contribution in [3.05, 3.63) is 53.6 Å².